The van der Waals surface area contributed by atoms with Gasteiger partial charge >= 0.3 is 0 Å². The second kappa shape index (κ2) is 4.01. The van der Waals surface area contributed by atoms with Crippen molar-refractivity contribution in [1.82, 2.24) is 0 Å². The third-order valence-electron chi connectivity index (χ3n) is 1.59. The molecule has 0 saturated carbocycles. The topological polar surface area (TPSA) is 9.23 Å². The highest BCUT2D eigenvalue weighted by molar-refractivity contribution is 6.42. The van der Waals surface area contributed by atoms with Gasteiger partial charge in [-0.15, -0.1) is 0 Å². The van der Waals surface area contributed by atoms with E-state index in [0.717, 1.165) is 11.3 Å². The van der Waals surface area contributed by atoms with E-state index in [4.69, 9.17) is 27.9 Å². The summed E-state index contributed by atoms with van der Waals surface area (Å²) in [6.45, 7) is 4.46. The summed E-state index contributed by atoms with van der Waals surface area (Å²) in [5.41, 5.74) is 0.894. The molecule has 0 radical (unpaired) electrons. The van der Waals surface area contributed by atoms with Crippen LogP contribution in [0.25, 0.3) is 0 Å². The van der Waals surface area contributed by atoms with Crippen molar-refractivity contribution in [3.63, 3.8) is 0 Å². The van der Waals surface area contributed by atoms with Gasteiger partial charge in [0.2, 0.25) is 0 Å². The molecule has 1 aromatic rings. The maximum Gasteiger partial charge on any atom is 0.123 e. The van der Waals surface area contributed by atoms with Gasteiger partial charge in [-0.1, -0.05) is 23.2 Å². The molecule has 0 aliphatic rings. The van der Waals surface area contributed by atoms with Crippen LogP contribution in [0.3, 0.4) is 0 Å². The Bertz CT molecular complexity index is 284. The van der Waals surface area contributed by atoms with Crippen LogP contribution < -0.4 is 4.74 Å². The molecule has 1 nitrogen and oxygen atoms in total. The SMILES string of the molecule is CCOc1ccc(Cl)c(Cl)c1C. The Kier molecular flexibility index (Phi) is 3.24. The van der Waals surface area contributed by atoms with Gasteiger partial charge in [0, 0.05) is 5.56 Å². The average Bonchev–Trinajstić information content (AvgIpc) is 2.07. The first kappa shape index (κ1) is 9.69. The maximum atomic E-state index is 5.91. The van der Waals surface area contributed by atoms with Gasteiger partial charge < -0.3 is 4.74 Å². The van der Waals surface area contributed by atoms with Crippen molar-refractivity contribution >= 4 is 23.2 Å². The van der Waals surface area contributed by atoms with Gasteiger partial charge in [0.1, 0.15) is 5.75 Å². The standard InChI is InChI=1S/C9H10Cl2O/c1-3-12-8-5-4-7(10)9(11)6(8)2/h4-5H,3H2,1-2H3. The van der Waals surface area contributed by atoms with Gasteiger partial charge in [-0.2, -0.15) is 0 Å². The monoisotopic (exact) mass is 204 g/mol. The van der Waals surface area contributed by atoms with E-state index in [1.54, 1.807) is 6.07 Å². The van der Waals surface area contributed by atoms with Crippen LogP contribution >= 0.6 is 23.2 Å². The van der Waals surface area contributed by atoms with Gasteiger partial charge in [-0.25, -0.2) is 0 Å². The molecular weight excluding hydrogens is 195 g/mol. The van der Waals surface area contributed by atoms with Crippen LogP contribution in [0.2, 0.25) is 10.0 Å². The van der Waals surface area contributed by atoms with E-state index >= 15 is 0 Å². The Labute approximate surface area is 82.2 Å². The first-order valence-electron chi connectivity index (χ1n) is 3.74. The lowest BCUT2D eigenvalue weighted by Gasteiger charge is -2.08. The molecule has 0 aromatic heterocycles. The Hall–Kier alpha value is -0.400. The smallest absolute Gasteiger partial charge is 0.123 e. The van der Waals surface area contributed by atoms with E-state index in [1.807, 2.05) is 19.9 Å². The summed E-state index contributed by atoms with van der Waals surface area (Å²) in [4.78, 5) is 0. The van der Waals surface area contributed by atoms with Crippen LogP contribution in [0.4, 0.5) is 0 Å². The molecule has 0 atom stereocenters. The lowest BCUT2D eigenvalue weighted by molar-refractivity contribution is 0.338. The summed E-state index contributed by atoms with van der Waals surface area (Å²) in [7, 11) is 0. The summed E-state index contributed by atoms with van der Waals surface area (Å²) in [6, 6.07) is 3.56. The van der Waals surface area contributed by atoms with Crippen LogP contribution in [0.15, 0.2) is 12.1 Å². The zero-order chi connectivity index (χ0) is 9.14. The number of benzene rings is 1. The number of hydrogen-bond acceptors (Lipinski definition) is 1. The minimum atomic E-state index is 0.567. The van der Waals surface area contributed by atoms with E-state index < -0.39 is 0 Å². The number of hydrogen-bond donors (Lipinski definition) is 0. The molecule has 1 aromatic carbocycles. The molecule has 0 aliphatic heterocycles. The first-order chi connectivity index (χ1) is 5.66. The zero-order valence-electron chi connectivity index (χ0n) is 7.03. The fraction of sp³-hybridized carbons (Fsp3) is 0.333. The molecule has 0 spiro atoms. The second-order valence-corrected chi connectivity index (χ2v) is 3.20. The molecule has 66 valence electrons. The second-order valence-electron chi connectivity index (χ2n) is 2.42. The van der Waals surface area contributed by atoms with Crippen LogP contribution in [0.5, 0.6) is 5.75 Å². The Morgan fingerprint density at radius 2 is 2.00 bits per heavy atom. The Morgan fingerprint density at radius 3 is 2.58 bits per heavy atom. The molecule has 0 N–H and O–H groups in total. The number of halogens is 2. The van der Waals surface area contributed by atoms with Crippen molar-refractivity contribution in [2.45, 2.75) is 13.8 Å². The molecule has 0 bridgehead atoms. The van der Waals surface area contributed by atoms with Crippen molar-refractivity contribution in [2.24, 2.45) is 0 Å². The normalized spacial score (nSPS) is 10.0. The number of rotatable bonds is 2. The number of ether oxygens (including phenoxy) is 1. The van der Waals surface area contributed by atoms with E-state index in [0.29, 0.717) is 16.7 Å². The van der Waals surface area contributed by atoms with E-state index in [2.05, 4.69) is 0 Å². The molecule has 12 heavy (non-hydrogen) atoms. The third kappa shape index (κ3) is 1.85. The predicted molar refractivity (Wildman–Crippen MR) is 52.4 cm³/mol. The van der Waals surface area contributed by atoms with Crippen LogP contribution in [0.1, 0.15) is 12.5 Å². The highest BCUT2D eigenvalue weighted by Crippen LogP contribution is 2.31. The predicted octanol–water partition coefficient (Wildman–Crippen LogP) is 3.70. The zero-order valence-corrected chi connectivity index (χ0v) is 8.54. The van der Waals surface area contributed by atoms with E-state index in [1.165, 1.54) is 0 Å². The molecule has 0 fully saturated rings. The first-order valence-corrected chi connectivity index (χ1v) is 4.49. The molecule has 1 rings (SSSR count). The fourth-order valence-corrected chi connectivity index (χ4v) is 1.31. The van der Waals surface area contributed by atoms with Crippen molar-refractivity contribution in [3.8, 4) is 5.75 Å². The van der Waals surface area contributed by atoms with Crippen molar-refractivity contribution in [1.29, 1.82) is 0 Å². The molecule has 0 aliphatic carbocycles. The van der Waals surface area contributed by atoms with Gasteiger partial charge in [-0.3, -0.25) is 0 Å². The Morgan fingerprint density at radius 1 is 1.33 bits per heavy atom. The maximum absolute atomic E-state index is 5.91. The quantitative estimate of drug-likeness (QED) is 0.715. The molecular formula is C9H10Cl2O. The molecule has 0 heterocycles. The van der Waals surface area contributed by atoms with Crippen molar-refractivity contribution in [2.75, 3.05) is 6.61 Å². The highest BCUT2D eigenvalue weighted by Gasteiger charge is 2.06. The summed E-state index contributed by atoms with van der Waals surface area (Å²) in [6.07, 6.45) is 0. The van der Waals surface area contributed by atoms with E-state index in [9.17, 15) is 0 Å². The van der Waals surface area contributed by atoms with Crippen molar-refractivity contribution < 1.29 is 4.74 Å². The highest BCUT2D eigenvalue weighted by atomic mass is 35.5. The van der Waals surface area contributed by atoms with E-state index in [-0.39, 0.29) is 0 Å². The summed E-state index contributed by atoms with van der Waals surface area (Å²) >= 11 is 11.7. The van der Waals surface area contributed by atoms with Gasteiger partial charge in [-0.05, 0) is 26.0 Å². The van der Waals surface area contributed by atoms with Crippen LogP contribution in [-0.2, 0) is 0 Å². The average molecular weight is 205 g/mol. The summed E-state index contributed by atoms with van der Waals surface area (Å²) in [5, 5.41) is 1.14. The summed E-state index contributed by atoms with van der Waals surface area (Å²) < 4.78 is 5.33. The fourth-order valence-electron chi connectivity index (χ4n) is 0.946. The molecule has 3 heteroatoms. The van der Waals surface area contributed by atoms with Crippen LogP contribution in [0, 0.1) is 6.92 Å². The minimum Gasteiger partial charge on any atom is -0.494 e. The largest absolute Gasteiger partial charge is 0.494 e. The summed E-state index contributed by atoms with van der Waals surface area (Å²) in [5.74, 6) is 0.798. The third-order valence-corrected chi connectivity index (χ3v) is 2.49. The lowest BCUT2D eigenvalue weighted by atomic mass is 10.2. The van der Waals surface area contributed by atoms with Gasteiger partial charge in [0.15, 0.2) is 0 Å². The minimum absolute atomic E-state index is 0.567. The molecule has 0 saturated heterocycles. The molecule has 0 amide bonds. The van der Waals surface area contributed by atoms with Gasteiger partial charge in [0.05, 0.1) is 16.7 Å². The van der Waals surface area contributed by atoms with Crippen LogP contribution in [-0.4, -0.2) is 6.61 Å². The Balaban J connectivity index is 3.08. The molecule has 0 unspecified atom stereocenters. The van der Waals surface area contributed by atoms with Gasteiger partial charge in [0.25, 0.3) is 0 Å². The van der Waals surface area contributed by atoms with Crippen molar-refractivity contribution in [3.05, 3.63) is 27.7 Å². The lowest BCUT2D eigenvalue weighted by Crippen LogP contribution is -1.94.